The van der Waals surface area contributed by atoms with E-state index in [-0.39, 0.29) is 0 Å². The highest BCUT2D eigenvalue weighted by atomic mass is 19.1. The van der Waals surface area contributed by atoms with Gasteiger partial charge in [-0.3, -0.25) is 4.79 Å². The Kier molecular flexibility index (Phi) is 3.47. The van der Waals surface area contributed by atoms with Crippen molar-refractivity contribution in [3.63, 3.8) is 0 Å². The number of furan rings is 1. The number of carbonyl (C=O) groups excluding carboxylic acids is 1. The number of rotatable bonds is 3. The van der Waals surface area contributed by atoms with Crippen LogP contribution in [0.3, 0.4) is 0 Å². The maximum atomic E-state index is 12.8. The Morgan fingerprint density at radius 1 is 1.14 bits per heavy atom. The molecule has 0 saturated heterocycles. The van der Waals surface area contributed by atoms with E-state index in [0.29, 0.717) is 11.3 Å². The van der Waals surface area contributed by atoms with Gasteiger partial charge in [0, 0.05) is 10.9 Å². The fraction of sp³-hybridized carbons (Fsp3) is 0. The Balaban J connectivity index is 1.69. The van der Waals surface area contributed by atoms with Crippen molar-refractivity contribution in [2.75, 3.05) is 0 Å². The number of carbonyl (C=O) groups is 1. The monoisotopic (exact) mass is 282 g/mol. The fourth-order valence-corrected chi connectivity index (χ4v) is 1.89. The summed E-state index contributed by atoms with van der Waals surface area (Å²) in [5.41, 5.74) is 3.44. The number of hydrogen-bond acceptors (Lipinski definition) is 3. The zero-order chi connectivity index (χ0) is 14.7. The molecule has 0 saturated carbocycles. The van der Waals surface area contributed by atoms with Crippen LogP contribution in [-0.2, 0) is 0 Å². The number of nitrogens with one attached hydrogen (secondary N) is 1. The van der Waals surface area contributed by atoms with Gasteiger partial charge >= 0.3 is 0 Å². The molecule has 21 heavy (non-hydrogen) atoms. The third kappa shape index (κ3) is 2.97. The first-order valence-corrected chi connectivity index (χ1v) is 6.30. The molecule has 0 atom stereocenters. The molecule has 0 bridgehead atoms. The van der Waals surface area contributed by atoms with Gasteiger partial charge in [-0.25, -0.2) is 9.82 Å². The zero-order valence-electron chi connectivity index (χ0n) is 10.9. The molecule has 1 amide bonds. The van der Waals surface area contributed by atoms with Crippen molar-refractivity contribution < 1.29 is 13.6 Å². The normalized spacial score (nSPS) is 11.1. The molecule has 3 rings (SSSR count). The molecule has 0 spiro atoms. The Hall–Kier alpha value is -2.95. The summed E-state index contributed by atoms with van der Waals surface area (Å²) in [7, 11) is 0. The van der Waals surface area contributed by atoms with E-state index >= 15 is 0 Å². The summed E-state index contributed by atoms with van der Waals surface area (Å²) in [5, 5.41) is 4.79. The lowest BCUT2D eigenvalue weighted by molar-refractivity contribution is 0.0955. The smallest absolute Gasteiger partial charge is 0.271 e. The summed E-state index contributed by atoms with van der Waals surface area (Å²) in [6, 6.07) is 14.6. The van der Waals surface area contributed by atoms with Gasteiger partial charge in [0.25, 0.3) is 5.91 Å². The minimum atomic E-state index is -0.414. The SMILES string of the molecule is O=C(NN=Cc1cc2ccccc2o1)c1ccc(F)cc1. The van der Waals surface area contributed by atoms with Gasteiger partial charge in [-0.1, -0.05) is 18.2 Å². The topological polar surface area (TPSA) is 54.6 Å². The maximum absolute atomic E-state index is 12.8. The summed E-state index contributed by atoms with van der Waals surface area (Å²) in [4.78, 5) is 11.7. The number of nitrogens with zero attached hydrogens (tertiary/aromatic N) is 1. The average Bonchev–Trinajstić information content (AvgIpc) is 2.90. The molecular weight excluding hydrogens is 271 g/mol. The van der Waals surface area contributed by atoms with Gasteiger partial charge in [0.1, 0.15) is 17.2 Å². The van der Waals surface area contributed by atoms with Crippen LogP contribution in [0.25, 0.3) is 11.0 Å². The number of hydrazone groups is 1. The van der Waals surface area contributed by atoms with E-state index in [0.717, 1.165) is 11.0 Å². The number of amides is 1. The quantitative estimate of drug-likeness (QED) is 0.591. The van der Waals surface area contributed by atoms with Gasteiger partial charge in [-0.05, 0) is 36.4 Å². The summed E-state index contributed by atoms with van der Waals surface area (Å²) >= 11 is 0. The Bertz CT molecular complexity index is 774. The molecule has 1 aromatic heterocycles. The van der Waals surface area contributed by atoms with E-state index in [4.69, 9.17) is 4.42 Å². The minimum absolute atomic E-state index is 0.332. The minimum Gasteiger partial charge on any atom is -0.455 e. The van der Waals surface area contributed by atoms with Gasteiger partial charge in [0.2, 0.25) is 0 Å². The maximum Gasteiger partial charge on any atom is 0.271 e. The Morgan fingerprint density at radius 3 is 2.67 bits per heavy atom. The lowest BCUT2D eigenvalue weighted by Gasteiger charge is -1.98. The molecule has 0 fully saturated rings. The third-order valence-electron chi connectivity index (χ3n) is 2.91. The number of halogens is 1. The first kappa shape index (κ1) is 13.1. The van der Waals surface area contributed by atoms with Gasteiger partial charge in [0.05, 0.1) is 6.21 Å². The highest BCUT2D eigenvalue weighted by Crippen LogP contribution is 2.17. The van der Waals surface area contributed by atoms with Crippen LogP contribution in [0.5, 0.6) is 0 Å². The second-order valence-electron chi connectivity index (χ2n) is 4.39. The molecule has 0 radical (unpaired) electrons. The van der Waals surface area contributed by atoms with E-state index in [1.54, 1.807) is 0 Å². The lowest BCUT2D eigenvalue weighted by Crippen LogP contribution is -2.17. The van der Waals surface area contributed by atoms with Crippen LogP contribution in [-0.4, -0.2) is 12.1 Å². The van der Waals surface area contributed by atoms with Crippen LogP contribution in [0.1, 0.15) is 16.1 Å². The van der Waals surface area contributed by atoms with Crippen molar-refractivity contribution in [2.24, 2.45) is 5.10 Å². The molecule has 0 aliphatic rings. The van der Waals surface area contributed by atoms with Crippen LogP contribution in [0.2, 0.25) is 0 Å². The first-order valence-electron chi connectivity index (χ1n) is 6.30. The van der Waals surface area contributed by atoms with E-state index < -0.39 is 11.7 Å². The molecule has 0 aliphatic carbocycles. The van der Waals surface area contributed by atoms with Crippen molar-refractivity contribution in [1.82, 2.24) is 5.43 Å². The molecule has 1 heterocycles. The summed E-state index contributed by atoms with van der Waals surface area (Å²) in [6.07, 6.45) is 1.42. The lowest BCUT2D eigenvalue weighted by atomic mass is 10.2. The largest absolute Gasteiger partial charge is 0.455 e. The Labute approximate surface area is 119 Å². The summed E-state index contributed by atoms with van der Waals surface area (Å²) < 4.78 is 18.3. The standard InChI is InChI=1S/C16H11FN2O2/c17-13-7-5-11(6-8-13)16(20)19-18-10-14-9-12-3-1-2-4-15(12)21-14/h1-10H,(H,19,20). The van der Waals surface area contributed by atoms with Crippen molar-refractivity contribution in [1.29, 1.82) is 0 Å². The van der Waals surface area contributed by atoms with Crippen LogP contribution in [0.15, 0.2) is 64.1 Å². The average molecular weight is 282 g/mol. The van der Waals surface area contributed by atoms with Crippen molar-refractivity contribution in [3.05, 3.63) is 71.7 Å². The van der Waals surface area contributed by atoms with Crippen LogP contribution in [0, 0.1) is 5.82 Å². The predicted molar refractivity (Wildman–Crippen MR) is 77.7 cm³/mol. The van der Waals surface area contributed by atoms with Gasteiger partial charge < -0.3 is 4.42 Å². The zero-order valence-corrected chi connectivity index (χ0v) is 10.9. The first-order chi connectivity index (χ1) is 10.2. The predicted octanol–water partition coefficient (Wildman–Crippen LogP) is 3.34. The molecule has 0 aliphatic heterocycles. The molecule has 0 unspecified atom stereocenters. The highest BCUT2D eigenvalue weighted by Gasteiger charge is 2.04. The molecule has 5 heteroatoms. The molecule has 3 aromatic rings. The number of fused-ring (bicyclic) bond motifs is 1. The number of benzene rings is 2. The van der Waals surface area contributed by atoms with Gasteiger partial charge in [0.15, 0.2) is 0 Å². The molecular formula is C16H11FN2O2. The molecule has 2 aromatic carbocycles. The fourth-order valence-electron chi connectivity index (χ4n) is 1.89. The van der Waals surface area contributed by atoms with Crippen LogP contribution < -0.4 is 5.43 Å². The van der Waals surface area contributed by atoms with Crippen molar-refractivity contribution in [3.8, 4) is 0 Å². The van der Waals surface area contributed by atoms with Gasteiger partial charge in [-0.2, -0.15) is 5.10 Å². The third-order valence-corrected chi connectivity index (χ3v) is 2.91. The highest BCUT2D eigenvalue weighted by molar-refractivity contribution is 5.95. The number of hydrogen-bond donors (Lipinski definition) is 1. The van der Waals surface area contributed by atoms with E-state index in [9.17, 15) is 9.18 Å². The van der Waals surface area contributed by atoms with E-state index in [1.165, 1.54) is 30.5 Å². The Morgan fingerprint density at radius 2 is 1.90 bits per heavy atom. The number of para-hydroxylation sites is 1. The van der Waals surface area contributed by atoms with Crippen LogP contribution in [0.4, 0.5) is 4.39 Å². The van der Waals surface area contributed by atoms with E-state index in [1.807, 2.05) is 30.3 Å². The molecule has 1 N–H and O–H groups in total. The van der Waals surface area contributed by atoms with Crippen molar-refractivity contribution >= 4 is 23.1 Å². The van der Waals surface area contributed by atoms with Crippen molar-refractivity contribution in [2.45, 2.75) is 0 Å². The summed E-state index contributed by atoms with van der Waals surface area (Å²) in [6.45, 7) is 0. The molecule has 4 nitrogen and oxygen atoms in total. The second kappa shape index (κ2) is 5.58. The summed E-state index contributed by atoms with van der Waals surface area (Å²) in [5.74, 6) is -0.268. The molecule has 104 valence electrons. The van der Waals surface area contributed by atoms with Crippen LogP contribution >= 0.6 is 0 Å². The second-order valence-corrected chi connectivity index (χ2v) is 4.39. The van der Waals surface area contributed by atoms with E-state index in [2.05, 4.69) is 10.5 Å². The van der Waals surface area contributed by atoms with Gasteiger partial charge in [-0.15, -0.1) is 0 Å².